The fourth-order valence-corrected chi connectivity index (χ4v) is 1.86. The molecule has 3 N–H and O–H groups in total. The summed E-state index contributed by atoms with van der Waals surface area (Å²) in [5.41, 5.74) is -1.32. The van der Waals surface area contributed by atoms with E-state index in [0.717, 1.165) is 0 Å². The largest absolute Gasteiger partial charge is 0.463 e. The second-order valence-corrected chi connectivity index (χ2v) is 8.30. The number of carbonyl (C=O) groups is 2. The van der Waals surface area contributed by atoms with Gasteiger partial charge in [-0.05, 0) is 68.2 Å². The number of hydrogen-bond acceptors (Lipinski definition) is 6. The maximum absolute atomic E-state index is 12.4. The predicted molar refractivity (Wildman–Crippen MR) is 107 cm³/mol. The van der Waals surface area contributed by atoms with E-state index in [1.807, 2.05) is 13.8 Å². The number of carbonyl (C=O) groups excluding carboxylic acids is 2. The molecule has 9 heteroatoms. The normalized spacial score (nSPS) is 12.5. The average molecular weight is 410 g/mol. The summed E-state index contributed by atoms with van der Waals surface area (Å²) >= 11 is 0. The molecule has 8 nitrogen and oxygen atoms in total. The minimum atomic E-state index is -0.828. The molecule has 0 saturated carbocycles. The molecule has 0 rings (SSSR count). The SMILES string of the molecule is CC(C)OC(=N)NCCC[C@H](NC(=O)OC(C)(C)C)C(=O)OC(C)(C)C.Cl. The zero-order valence-electron chi connectivity index (χ0n) is 17.7. The number of hydrogen-bond donors (Lipinski definition) is 3. The molecule has 0 aliphatic heterocycles. The Morgan fingerprint density at radius 1 is 1.00 bits per heavy atom. The highest BCUT2D eigenvalue weighted by molar-refractivity contribution is 5.85. The van der Waals surface area contributed by atoms with Crippen molar-refractivity contribution in [3.8, 4) is 0 Å². The quantitative estimate of drug-likeness (QED) is 0.257. The van der Waals surface area contributed by atoms with Crippen molar-refractivity contribution in [1.29, 1.82) is 5.41 Å². The molecule has 0 spiro atoms. The van der Waals surface area contributed by atoms with Gasteiger partial charge in [0.1, 0.15) is 17.2 Å². The van der Waals surface area contributed by atoms with Crippen LogP contribution in [0, 0.1) is 5.41 Å². The molecule has 0 aromatic carbocycles. The van der Waals surface area contributed by atoms with Crippen LogP contribution in [-0.2, 0) is 19.0 Å². The fourth-order valence-electron chi connectivity index (χ4n) is 1.86. The van der Waals surface area contributed by atoms with Crippen molar-refractivity contribution in [2.45, 2.75) is 91.6 Å². The fraction of sp³-hybridized carbons (Fsp3) is 0.833. The molecule has 0 saturated heterocycles. The van der Waals surface area contributed by atoms with E-state index in [9.17, 15) is 9.59 Å². The average Bonchev–Trinajstić information content (AvgIpc) is 2.37. The molecular weight excluding hydrogens is 374 g/mol. The topological polar surface area (TPSA) is 110 Å². The summed E-state index contributed by atoms with van der Waals surface area (Å²) in [6.07, 6.45) is 0.121. The van der Waals surface area contributed by atoms with Crippen molar-refractivity contribution in [3.05, 3.63) is 0 Å². The van der Waals surface area contributed by atoms with Crippen LogP contribution in [0.5, 0.6) is 0 Å². The third kappa shape index (κ3) is 16.2. The lowest BCUT2D eigenvalue weighted by Crippen LogP contribution is -2.46. The molecule has 0 aliphatic rings. The third-order valence-electron chi connectivity index (χ3n) is 2.69. The Kier molecular flexibility index (Phi) is 12.1. The third-order valence-corrected chi connectivity index (χ3v) is 2.69. The maximum atomic E-state index is 12.4. The van der Waals surface area contributed by atoms with Gasteiger partial charge >= 0.3 is 12.1 Å². The Labute approximate surface area is 169 Å². The van der Waals surface area contributed by atoms with Crippen molar-refractivity contribution in [2.24, 2.45) is 0 Å². The number of alkyl carbamates (subject to hydrolysis) is 1. The number of halogens is 1. The van der Waals surface area contributed by atoms with Gasteiger partial charge in [0.25, 0.3) is 6.02 Å². The van der Waals surface area contributed by atoms with Gasteiger partial charge in [-0.15, -0.1) is 12.4 Å². The standard InChI is InChI=1S/C18H35N3O5.ClH/c1-12(2)24-15(19)20-11-9-10-13(14(22)25-17(3,4)5)21-16(23)26-18(6,7)8;/h12-13H,9-11H2,1-8H3,(H2,19,20)(H,21,23);1H/t13-;/m0./s1. The van der Waals surface area contributed by atoms with Crippen molar-refractivity contribution < 1.29 is 23.8 Å². The van der Waals surface area contributed by atoms with E-state index in [-0.39, 0.29) is 24.5 Å². The molecular formula is C18H36ClN3O5. The summed E-state index contributed by atoms with van der Waals surface area (Å²) in [7, 11) is 0. The number of amides is 1. The Balaban J connectivity index is 0. The van der Waals surface area contributed by atoms with Gasteiger partial charge in [0.15, 0.2) is 0 Å². The Bertz CT molecular complexity index is 484. The Morgan fingerprint density at radius 2 is 1.52 bits per heavy atom. The van der Waals surface area contributed by atoms with Crippen molar-refractivity contribution in [3.63, 3.8) is 0 Å². The lowest BCUT2D eigenvalue weighted by molar-refractivity contribution is -0.157. The molecule has 27 heavy (non-hydrogen) atoms. The van der Waals surface area contributed by atoms with Crippen molar-refractivity contribution in [2.75, 3.05) is 6.54 Å². The lowest BCUT2D eigenvalue weighted by Gasteiger charge is -2.26. The van der Waals surface area contributed by atoms with Crippen LogP contribution in [0.15, 0.2) is 0 Å². The monoisotopic (exact) mass is 409 g/mol. The minimum Gasteiger partial charge on any atom is -0.463 e. The van der Waals surface area contributed by atoms with Crippen LogP contribution in [0.3, 0.4) is 0 Å². The first-order valence-electron chi connectivity index (χ1n) is 8.91. The number of esters is 1. The first-order valence-corrected chi connectivity index (χ1v) is 8.91. The predicted octanol–water partition coefficient (Wildman–Crippen LogP) is 3.37. The van der Waals surface area contributed by atoms with E-state index in [0.29, 0.717) is 19.4 Å². The van der Waals surface area contributed by atoms with Crippen LogP contribution >= 0.6 is 12.4 Å². The van der Waals surface area contributed by atoms with Crippen molar-refractivity contribution in [1.82, 2.24) is 10.6 Å². The molecule has 0 aromatic rings. The summed E-state index contributed by atoms with van der Waals surface area (Å²) in [6, 6.07) is -0.847. The number of nitrogens with one attached hydrogen (secondary N) is 3. The molecule has 0 radical (unpaired) electrons. The number of rotatable bonds is 7. The lowest BCUT2D eigenvalue weighted by atomic mass is 10.1. The summed E-state index contributed by atoms with van der Waals surface area (Å²) in [6.45, 7) is 14.6. The van der Waals surface area contributed by atoms with Crippen molar-refractivity contribution >= 4 is 30.5 Å². The van der Waals surface area contributed by atoms with Gasteiger partial charge in [0.05, 0.1) is 6.10 Å². The van der Waals surface area contributed by atoms with E-state index < -0.39 is 29.3 Å². The second-order valence-electron chi connectivity index (χ2n) is 8.30. The maximum Gasteiger partial charge on any atom is 0.408 e. The van der Waals surface area contributed by atoms with Gasteiger partial charge in [-0.25, -0.2) is 9.59 Å². The summed E-state index contributed by atoms with van der Waals surface area (Å²) < 4.78 is 15.8. The van der Waals surface area contributed by atoms with E-state index >= 15 is 0 Å². The molecule has 0 heterocycles. The molecule has 1 amide bonds. The Hall–Kier alpha value is -1.70. The molecule has 1 atom stereocenters. The van der Waals surface area contributed by atoms with Crippen LogP contribution in [-0.4, -0.2) is 48.0 Å². The Morgan fingerprint density at radius 3 is 1.96 bits per heavy atom. The van der Waals surface area contributed by atoms with Crippen LogP contribution in [0.25, 0.3) is 0 Å². The molecule has 0 aliphatic carbocycles. The molecule has 0 unspecified atom stereocenters. The van der Waals surface area contributed by atoms with Crippen LogP contribution in [0.1, 0.15) is 68.2 Å². The highest BCUT2D eigenvalue weighted by Crippen LogP contribution is 2.12. The molecule has 160 valence electrons. The van der Waals surface area contributed by atoms with Crippen LogP contribution in [0.2, 0.25) is 0 Å². The zero-order chi connectivity index (χ0) is 20.5. The van der Waals surface area contributed by atoms with E-state index in [1.54, 1.807) is 41.5 Å². The van der Waals surface area contributed by atoms with E-state index in [4.69, 9.17) is 19.6 Å². The first-order chi connectivity index (χ1) is 11.7. The number of ether oxygens (including phenoxy) is 3. The highest BCUT2D eigenvalue weighted by Gasteiger charge is 2.28. The van der Waals surface area contributed by atoms with Gasteiger partial charge in [-0.1, -0.05) is 0 Å². The van der Waals surface area contributed by atoms with Gasteiger partial charge in [0, 0.05) is 6.54 Å². The highest BCUT2D eigenvalue weighted by atomic mass is 35.5. The van der Waals surface area contributed by atoms with Crippen LogP contribution in [0.4, 0.5) is 4.79 Å². The smallest absolute Gasteiger partial charge is 0.408 e. The van der Waals surface area contributed by atoms with Gasteiger partial charge in [0.2, 0.25) is 0 Å². The van der Waals surface area contributed by atoms with Gasteiger partial charge in [-0.2, -0.15) is 0 Å². The van der Waals surface area contributed by atoms with E-state index in [1.165, 1.54) is 0 Å². The second kappa shape index (κ2) is 11.9. The zero-order valence-corrected chi connectivity index (χ0v) is 18.5. The van der Waals surface area contributed by atoms with Crippen LogP contribution < -0.4 is 10.6 Å². The first kappa shape index (κ1) is 27.5. The van der Waals surface area contributed by atoms with Gasteiger partial charge < -0.3 is 24.8 Å². The molecule has 0 aromatic heterocycles. The van der Waals surface area contributed by atoms with Gasteiger partial charge in [-0.3, -0.25) is 5.41 Å². The molecule has 0 fully saturated rings. The summed E-state index contributed by atoms with van der Waals surface area (Å²) in [4.78, 5) is 24.3. The summed E-state index contributed by atoms with van der Waals surface area (Å²) in [5.74, 6) is -0.517. The van der Waals surface area contributed by atoms with E-state index in [2.05, 4.69) is 10.6 Å². The minimum absolute atomic E-state index is 0. The number of amidine groups is 1. The summed E-state index contributed by atoms with van der Waals surface area (Å²) in [5, 5.41) is 13.0. The molecule has 0 bridgehead atoms.